The van der Waals surface area contributed by atoms with Gasteiger partial charge in [-0.05, 0) is 31.6 Å². The van der Waals surface area contributed by atoms with Gasteiger partial charge < -0.3 is 0 Å². The van der Waals surface area contributed by atoms with E-state index in [0.717, 1.165) is 11.8 Å². The molecule has 1 saturated carbocycles. The highest BCUT2D eigenvalue weighted by Gasteiger charge is 2.26. The van der Waals surface area contributed by atoms with Gasteiger partial charge >= 0.3 is 0 Å². The van der Waals surface area contributed by atoms with Gasteiger partial charge in [-0.1, -0.05) is 38.3 Å². The van der Waals surface area contributed by atoms with Gasteiger partial charge in [0.2, 0.25) is 0 Å². The van der Waals surface area contributed by atoms with Crippen molar-refractivity contribution in [3.8, 4) is 0 Å². The molecule has 0 N–H and O–H groups in total. The van der Waals surface area contributed by atoms with Crippen molar-refractivity contribution in [2.45, 2.75) is 46.0 Å². The van der Waals surface area contributed by atoms with Gasteiger partial charge in [0.05, 0.1) is 0 Å². The lowest BCUT2D eigenvalue weighted by Gasteiger charge is -2.18. The van der Waals surface area contributed by atoms with Crippen molar-refractivity contribution in [1.29, 1.82) is 0 Å². The van der Waals surface area contributed by atoms with Gasteiger partial charge in [0.15, 0.2) is 0 Å². The minimum Gasteiger partial charge on any atom is -0.0999 e. The summed E-state index contributed by atoms with van der Waals surface area (Å²) in [6.07, 6.45) is 7.04. The fourth-order valence-corrected chi connectivity index (χ4v) is 2.40. The van der Waals surface area contributed by atoms with Gasteiger partial charge in [-0.15, -0.1) is 0 Å². The van der Waals surface area contributed by atoms with Gasteiger partial charge in [0, 0.05) is 0 Å². The molecule has 0 heterocycles. The second kappa shape index (κ2) is 3.94. The molecule has 64 valence electrons. The Morgan fingerprint density at radius 3 is 2.73 bits per heavy atom. The Morgan fingerprint density at radius 2 is 2.18 bits per heavy atom. The van der Waals surface area contributed by atoms with E-state index in [1.54, 1.807) is 0 Å². The molecule has 1 rings (SSSR count). The molecule has 0 radical (unpaired) electrons. The highest BCUT2D eigenvalue weighted by molar-refractivity contribution is 5.01. The molecule has 0 aromatic rings. The molecule has 0 saturated heterocycles. The van der Waals surface area contributed by atoms with Gasteiger partial charge in [-0.2, -0.15) is 0 Å². The van der Waals surface area contributed by atoms with Gasteiger partial charge in [-0.3, -0.25) is 0 Å². The normalized spacial score (nSPS) is 30.7. The summed E-state index contributed by atoms with van der Waals surface area (Å²) in [6, 6.07) is 0. The molecule has 0 aromatic carbocycles. The van der Waals surface area contributed by atoms with Crippen LogP contribution in [0, 0.1) is 11.8 Å². The Morgan fingerprint density at radius 1 is 1.45 bits per heavy atom. The molecule has 1 aliphatic carbocycles. The largest absolute Gasteiger partial charge is 0.0999 e. The average Bonchev–Trinajstić information content (AvgIpc) is 2.36. The van der Waals surface area contributed by atoms with Crippen LogP contribution in [0.2, 0.25) is 0 Å². The van der Waals surface area contributed by atoms with Crippen LogP contribution in [0.1, 0.15) is 46.0 Å². The monoisotopic (exact) mass is 152 g/mol. The molecular weight excluding hydrogens is 132 g/mol. The van der Waals surface area contributed by atoms with Crippen LogP contribution >= 0.6 is 0 Å². The first kappa shape index (κ1) is 8.83. The van der Waals surface area contributed by atoms with Crippen molar-refractivity contribution < 1.29 is 0 Å². The predicted molar refractivity (Wildman–Crippen MR) is 50.6 cm³/mol. The maximum absolute atomic E-state index is 4.07. The summed E-state index contributed by atoms with van der Waals surface area (Å²) in [5.41, 5.74) is 1.42. The Balaban J connectivity index is 2.44. The van der Waals surface area contributed by atoms with E-state index < -0.39 is 0 Å². The fraction of sp³-hybridized carbons (Fsp3) is 0.818. The topological polar surface area (TPSA) is 0 Å². The molecular formula is C11H20. The Kier molecular flexibility index (Phi) is 3.16. The number of hydrogen-bond acceptors (Lipinski definition) is 0. The third kappa shape index (κ3) is 2.08. The maximum atomic E-state index is 4.07. The van der Waals surface area contributed by atoms with E-state index in [-0.39, 0.29) is 0 Å². The number of allylic oxidation sites excluding steroid dienone is 1. The fourth-order valence-electron chi connectivity index (χ4n) is 2.40. The van der Waals surface area contributed by atoms with Crippen LogP contribution in [-0.2, 0) is 0 Å². The lowest BCUT2D eigenvalue weighted by atomic mass is 9.87. The first-order valence-corrected chi connectivity index (χ1v) is 4.91. The van der Waals surface area contributed by atoms with Gasteiger partial charge in [-0.25, -0.2) is 0 Å². The van der Waals surface area contributed by atoms with Crippen molar-refractivity contribution in [3.05, 3.63) is 12.2 Å². The summed E-state index contributed by atoms with van der Waals surface area (Å²) in [6.45, 7) is 8.55. The van der Waals surface area contributed by atoms with E-state index >= 15 is 0 Å². The molecule has 2 atom stereocenters. The van der Waals surface area contributed by atoms with Crippen LogP contribution in [0.3, 0.4) is 0 Å². The summed E-state index contributed by atoms with van der Waals surface area (Å²) in [5, 5.41) is 0. The van der Waals surface area contributed by atoms with Crippen LogP contribution in [-0.4, -0.2) is 0 Å². The Labute approximate surface area is 70.7 Å². The number of hydrogen-bond donors (Lipinski definition) is 0. The zero-order valence-electron chi connectivity index (χ0n) is 7.90. The second-order valence-electron chi connectivity index (χ2n) is 3.93. The van der Waals surface area contributed by atoms with Crippen LogP contribution in [0.4, 0.5) is 0 Å². The predicted octanol–water partition coefficient (Wildman–Crippen LogP) is 3.78. The summed E-state index contributed by atoms with van der Waals surface area (Å²) >= 11 is 0. The summed E-state index contributed by atoms with van der Waals surface area (Å²) in [4.78, 5) is 0. The van der Waals surface area contributed by atoms with Crippen molar-refractivity contribution >= 4 is 0 Å². The summed E-state index contributed by atoms with van der Waals surface area (Å²) in [5.74, 6) is 1.83. The summed E-state index contributed by atoms with van der Waals surface area (Å²) in [7, 11) is 0. The quantitative estimate of drug-likeness (QED) is 0.540. The smallest absolute Gasteiger partial charge is 0.0180 e. The third-order valence-electron chi connectivity index (χ3n) is 2.95. The molecule has 0 heteroatoms. The van der Waals surface area contributed by atoms with E-state index in [1.807, 2.05) is 0 Å². The molecule has 0 spiro atoms. The lowest BCUT2D eigenvalue weighted by molar-refractivity contribution is 0.406. The SMILES string of the molecule is C=C(C)[C@H]1CCCC1CCC. The molecule has 0 aliphatic heterocycles. The van der Waals surface area contributed by atoms with E-state index in [9.17, 15) is 0 Å². The Bertz CT molecular complexity index is 135. The molecule has 1 aliphatic rings. The van der Waals surface area contributed by atoms with E-state index in [2.05, 4.69) is 20.4 Å². The van der Waals surface area contributed by atoms with E-state index in [0.29, 0.717) is 0 Å². The van der Waals surface area contributed by atoms with Crippen LogP contribution < -0.4 is 0 Å². The second-order valence-corrected chi connectivity index (χ2v) is 3.93. The molecule has 0 amide bonds. The minimum absolute atomic E-state index is 0.856. The molecule has 1 fully saturated rings. The zero-order chi connectivity index (χ0) is 8.27. The number of rotatable bonds is 3. The van der Waals surface area contributed by atoms with Crippen LogP contribution in [0.15, 0.2) is 12.2 Å². The standard InChI is InChI=1S/C11H20/c1-4-6-10-7-5-8-11(10)9(2)3/h10-11H,2,4-8H2,1,3H3/t10?,11-/m1/s1. The minimum atomic E-state index is 0.856. The zero-order valence-corrected chi connectivity index (χ0v) is 7.90. The Hall–Kier alpha value is -0.260. The van der Waals surface area contributed by atoms with Crippen molar-refractivity contribution in [2.24, 2.45) is 11.8 Å². The summed E-state index contributed by atoms with van der Waals surface area (Å²) < 4.78 is 0. The van der Waals surface area contributed by atoms with E-state index in [4.69, 9.17) is 0 Å². The van der Waals surface area contributed by atoms with Gasteiger partial charge in [0.25, 0.3) is 0 Å². The molecule has 0 nitrogen and oxygen atoms in total. The highest BCUT2D eigenvalue weighted by Crippen LogP contribution is 2.38. The molecule has 1 unspecified atom stereocenters. The first-order chi connectivity index (χ1) is 5.25. The van der Waals surface area contributed by atoms with Gasteiger partial charge in [0.1, 0.15) is 0 Å². The third-order valence-corrected chi connectivity index (χ3v) is 2.95. The van der Waals surface area contributed by atoms with Crippen LogP contribution in [0.5, 0.6) is 0 Å². The van der Waals surface area contributed by atoms with Crippen molar-refractivity contribution in [2.75, 3.05) is 0 Å². The van der Waals surface area contributed by atoms with Crippen LogP contribution in [0.25, 0.3) is 0 Å². The molecule has 11 heavy (non-hydrogen) atoms. The van der Waals surface area contributed by atoms with Crippen molar-refractivity contribution in [3.63, 3.8) is 0 Å². The maximum Gasteiger partial charge on any atom is -0.0180 e. The van der Waals surface area contributed by atoms with Crippen molar-refractivity contribution in [1.82, 2.24) is 0 Å². The lowest BCUT2D eigenvalue weighted by Crippen LogP contribution is -2.07. The molecule has 0 aromatic heterocycles. The molecule has 0 bridgehead atoms. The van der Waals surface area contributed by atoms with E-state index in [1.165, 1.54) is 37.7 Å². The highest BCUT2D eigenvalue weighted by atomic mass is 14.3. The first-order valence-electron chi connectivity index (χ1n) is 4.91. The average molecular weight is 152 g/mol.